The lowest BCUT2D eigenvalue weighted by Gasteiger charge is -2.27. The molecule has 3 rings (SSSR count). The van der Waals surface area contributed by atoms with Crippen LogP contribution >= 0.6 is 11.6 Å². The molecule has 1 aliphatic rings. The number of para-hydroxylation sites is 1. The number of piperidine rings is 1. The van der Waals surface area contributed by atoms with Crippen molar-refractivity contribution >= 4 is 44.8 Å². The quantitative estimate of drug-likeness (QED) is 0.618. The predicted octanol–water partition coefficient (Wildman–Crippen LogP) is 4.15. The summed E-state index contributed by atoms with van der Waals surface area (Å²) in [5, 5.41) is 3.33. The first-order valence-electron chi connectivity index (χ1n) is 10.7. The van der Waals surface area contributed by atoms with Crippen molar-refractivity contribution in [3.05, 3.63) is 59.1 Å². The van der Waals surface area contributed by atoms with Gasteiger partial charge < -0.3 is 10.2 Å². The molecule has 1 fully saturated rings. The topological polar surface area (TPSA) is 86.8 Å². The summed E-state index contributed by atoms with van der Waals surface area (Å²) < 4.78 is 25.7. The number of hydrogen-bond donors (Lipinski definition) is 1. The zero-order valence-corrected chi connectivity index (χ0v) is 19.7. The van der Waals surface area contributed by atoms with Gasteiger partial charge in [0.15, 0.2) is 0 Å². The highest BCUT2D eigenvalue weighted by atomic mass is 35.5. The van der Waals surface area contributed by atoms with Crippen LogP contribution in [-0.2, 0) is 14.8 Å². The molecule has 0 aromatic heterocycles. The Hall–Kier alpha value is -2.58. The van der Waals surface area contributed by atoms with E-state index in [0.29, 0.717) is 28.4 Å². The van der Waals surface area contributed by atoms with Crippen LogP contribution in [-0.4, -0.2) is 51.0 Å². The van der Waals surface area contributed by atoms with Crippen LogP contribution in [0.15, 0.2) is 48.5 Å². The van der Waals surface area contributed by atoms with Gasteiger partial charge in [0.25, 0.3) is 5.91 Å². The van der Waals surface area contributed by atoms with Crippen molar-refractivity contribution in [2.45, 2.75) is 32.1 Å². The number of anilines is 2. The minimum absolute atomic E-state index is 0.0772. The highest BCUT2D eigenvalue weighted by Crippen LogP contribution is 2.22. The molecule has 1 aliphatic heterocycles. The van der Waals surface area contributed by atoms with Crippen LogP contribution in [0, 0.1) is 0 Å². The van der Waals surface area contributed by atoms with E-state index in [2.05, 4.69) is 5.32 Å². The van der Waals surface area contributed by atoms with Gasteiger partial charge in [-0.15, -0.1) is 0 Å². The molecule has 0 bridgehead atoms. The smallest absolute Gasteiger partial charge is 0.255 e. The number of likely N-dealkylation sites (tertiary alicyclic amines) is 1. The second kappa shape index (κ2) is 10.8. The highest BCUT2D eigenvalue weighted by molar-refractivity contribution is 7.92. The Morgan fingerprint density at radius 2 is 1.69 bits per heavy atom. The molecule has 172 valence electrons. The molecule has 0 unspecified atom stereocenters. The van der Waals surface area contributed by atoms with Gasteiger partial charge in [-0.1, -0.05) is 23.7 Å². The maximum Gasteiger partial charge on any atom is 0.255 e. The molecule has 1 heterocycles. The van der Waals surface area contributed by atoms with Crippen molar-refractivity contribution < 1.29 is 18.0 Å². The Kier molecular flexibility index (Phi) is 8.15. The summed E-state index contributed by atoms with van der Waals surface area (Å²) in [6.07, 6.45) is 4.68. The number of halogens is 1. The number of nitrogens with one attached hydrogen (secondary N) is 1. The number of nitrogens with zero attached hydrogens (tertiary/aromatic N) is 2. The number of benzene rings is 2. The fourth-order valence-corrected chi connectivity index (χ4v) is 4.83. The van der Waals surface area contributed by atoms with Crippen LogP contribution in [0.4, 0.5) is 11.4 Å². The molecule has 0 atom stereocenters. The Bertz CT molecular complexity index is 1050. The van der Waals surface area contributed by atoms with E-state index in [0.717, 1.165) is 38.6 Å². The van der Waals surface area contributed by atoms with Gasteiger partial charge in [-0.2, -0.15) is 0 Å². The van der Waals surface area contributed by atoms with E-state index in [9.17, 15) is 18.0 Å². The molecule has 1 N–H and O–H groups in total. The second-order valence-corrected chi connectivity index (χ2v) is 10.2. The SMILES string of the molecule is CS(=O)(=O)N(CCCC(=O)Nc1ccccc1C(=O)N1CCCCC1)c1ccc(Cl)cc1. The molecule has 1 saturated heterocycles. The summed E-state index contributed by atoms with van der Waals surface area (Å²) >= 11 is 5.89. The van der Waals surface area contributed by atoms with E-state index >= 15 is 0 Å². The van der Waals surface area contributed by atoms with Gasteiger partial charge in [-0.3, -0.25) is 13.9 Å². The molecule has 2 aromatic rings. The van der Waals surface area contributed by atoms with Gasteiger partial charge in [0.2, 0.25) is 15.9 Å². The minimum atomic E-state index is -3.51. The van der Waals surface area contributed by atoms with Gasteiger partial charge in [0.1, 0.15) is 0 Å². The van der Waals surface area contributed by atoms with Crippen molar-refractivity contribution in [2.24, 2.45) is 0 Å². The first kappa shape index (κ1) is 24.1. The molecule has 2 amide bonds. The van der Waals surface area contributed by atoms with Gasteiger partial charge in [0.05, 0.1) is 23.2 Å². The Morgan fingerprint density at radius 1 is 1.03 bits per heavy atom. The van der Waals surface area contributed by atoms with E-state index in [-0.39, 0.29) is 24.8 Å². The van der Waals surface area contributed by atoms with Crippen molar-refractivity contribution in [3.8, 4) is 0 Å². The van der Waals surface area contributed by atoms with Crippen molar-refractivity contribution in [1.82, 2.24) is 4.90 Å². The summed E-state index contributed by atoms with van der Waals surface area (Å²) in [7, 11) is -3.51. The molecule has 2 aromatic carbocycles. The van der Waals surface area contributed by atoms with Crippen molar-refractivity contribution in [1.29, 1.82) is 0 Å². The Labute approximate surface area is 194 Å². The van der Waals surface area contributed by atoms with Gasteiger partial charge in [0, 0.05) is 31.1 Å². The largest absolute Gasteiger partial charge is 0.339 e. The van der Waals surface area contributed by atoms with Crippen LogP contribution in [0.25, 0.3) is 0 Å². The maximum atomic E-state index is 12.9. The van der Waals surface area contributed by atoms with Crippen molar-refractivity contribution in [2.75, 3.05) is 35.5 Å². The average molecular weight is 478 g/mol. The monoisotopic (exact) mass is 477 g/mol. The molecule has 0 spiro atoms. The fourth-order valence-electron chi connectivity index (χ4n) is 3.74. The minimum Gasteiger partial charge on any atom is -0.339 e. The molecule has 0 saturated carbocycles. The zero-order valence-electron chi connectivity index (χ0n) is 18.1. The normalized spacial score (nSPS) is 14.1. The lowest BCUT2D eigenvalue weighted by molar-refractivity contribution is -0.116. The first-order valence-corrected chi connectivity index (χ1v) is 12.9. The lowest BCUT2D eigenvalue weighted by Crippen LogP contribution is -2.36. The van der Waals surface area contributed by atoms with E-state index in [1.807, 2.05) is 4.90 Å². The summed E-state index contributed by atoms with van der Waals surface area (Å²) in [5.41, 5.74) is 1.45. The van der Waals surface area contributed by atoms with E-state index in [1.54, 1.807) is 48.5 Å². The van der Waals surface area contributed by atoms with Crippen LogP contribution in [0.3, 0.4) is 0 Å². The van der Waals surface area contributed by atoms with E-state index < -0.39 is 10.0 Å². The Balaban J connectivity index is 1.61. The molecule has 7 nitrogen and oxygen atoms in total. The summed E-state index contributed by atoms with van der Waals surface area (Å²) in [4.78, 5) is 27.3. The molecule has 9 heteroatoms. The maximum absolute atomic E-state index is 12.9. The number of amides is 2. The zero-order chi connectivity index (χ0) is 23.1. The number of sulfonamides is 1. The summed E-state index contributed by atoms with van der Waals surface area (Å²) in [6.45, 7) is 1.61. The summed E-state index contributed by atoms with van der Waals surface area (Å²) in [6, 6.07) is 13.5. The average Bonchev–Trinajstić information content (AvgIpc) is 2.77. The molecule has 0 aliphatic carbocycles. The molecule has 0 radical (unpaired) electrons. The van der Waals surface area contributed by atoms with E-state index in [1.165, 1.54) is 4.31 Å². The standard InChI is InChI=1S/C23H28ClN3O4S/c1-32(30,31)27(19-13-11-18(24)12-14-19)17-7-10-22(28)25-21-9-4-3-8-20(21)23(29)26-15-5-2-6-16-26/h3-4,8-9,11-14H,2,5-7,10,15-17H2,1H3,(H,25,28). The molecular formula is C23H28ClN3O4S. The first-order chi connectivity index (χ1) is 15.3. The molecule has 32 heavy (non-hydrogen) atoms. The number of rotatable bonds is 8. The van der Waals surface area contributed by atoms with Crippen LogP contribution in [0.5, 0.6) is 0 Å². The van der Waals surface area contributed by atoms with Crippen LogP contribution in [0.2, 0.25) is 5.02 Å². The number of hydrogen-bond acceptors (Lipinski definition) is 4. The van der Waals surface area contributed by atoms with Gasteiger partial charge in [-0.05, 0) is 62.1 Å². The molecular weight excluding hydrogens is 450 g/mol. The predicted molar refractivity (Wildman–Crippen MR) is 128 cm³/mol. The highest BCUT2D eigenvalue weighted by Gasteiger charge is 2.22. The van der Waals surface area contributed by atoms with Crippen LogP contribution in [0.1, 0.15) is 42.5 Å². The van der Waals surface area contributed by atoms with Crippen molar-refractivity contribution in [3.63, 3.8) is 0 Å². The summed E-state index contributed by atoms with van der Waals surface area (Å²) in [5.74, 6) is -0.347. The van der Waals surface area contributed by atoms with Gasteiger partial charge in [-0.25, -0.2) is 8.42 Å². The third-order valence-corrected chi connectivity index (χ3v) is 6.80. The van der Waals surface area contributed by atoms with Crippen LogP contribution < -0.4 is 9.62 Å². The number of carbonyl (C=O) groups excluding carboxylic acids is 2. The third-order valence-electron chi connectivity index (χ3n) is 5.35. The van der Waals surface area contributed by atoms with E-state index in [4.69, 9.17) is 11.6 Å². The lowest BCUT2D eigenvalue weighted by atomic mass is 10.1. The Morgan fingerprint density at radius 3 is 2.34 bits per heavy atom. The number of carbonyl (C=O) groups is 2. The second-order valence-electron chi connectivity index (χ2n) is 7.86. The van der Waals surface area contributed by atoms with Gasteiger partial charge >= 0.3 is 0 Å². The fraction of sp³-hybridized carbons (Fsp3) is 0.391. The third kappa shape index (κ3) is 6.46.